The smallest absolute Gasteiger partial charge is 0.211 e. The Morgan fingerprint density at radius 1 is 1.16 bits per heavy atom. The van der Waals surface area contributed by atoms with E-state index in [0.29, 0.717) is 30.5 Å². The van der Waals surface area contributed by atoms with E-state index in [9.17, 15) is 17.2 Å². The van der Waals surface area contributed by atoms with Crippen LogP contribution in [0.1, 0.15) is 43.7 Å². The summed E-state index contributed by atoms with van der Waals surface area (Å²) in [5.74, 6) is -1.07. The summed E-state index contributed by atoms with van der Waals surface area (Å²) < 4.78 is 55.5. The third-order valence-corrected chi connectivity index (χ3v) is 7.47. The first kappa shape index (κ1) is 24.8. The van der Waals surface area contributed by atoms with Crippen molar-refractivity contribution in [3.05, 3.63) is 59.2 Å². The third-order valence-electron chi connectivity index (χ3n) is 6.04. The monoisotopic (exact) mass is 465 g/mol. The molecule has 2 aromatic carbocycles. The number of rotatable bonds is 11. The molecule has 2 unspecified atom stereocenters. The Morgan fingerprint density at radius 3 is 2.72 bits per heavy atom. The number of unbranched alkanes of at least 4 members (excludes halogenated alkanes) is 2. The Kier molecular flexibility index (Phi) is 8.76. The number of sulfonamides is 1. The van der Waals surface area contributed by atoms with Crippen LogP contribution < -0.4 is 15.8 Å². The lowest BCUT2D eigenvalue weighted by molar-refractivity contribution is 0.492. The van der Waals surface area contributed by atoms with Crippen LogP contribution in [0.2, 0.25) is 0 Å². The maximum Gasteiger partial charge on any atom is 0.211 e. The minimum absolute atomic E-state index is 0.0356. The molecule has 2 atom stereocenters. The van der Waals surface area contributed by atoms with Crippen LogP contribution in [0.15, 0.2) is 36.4 Å². The molecule has 0 radical (unpaired) electrons. The lowest BCUT2D eigenvalue weighted by Crippen LogP contribution is -2.45. The molecule has 3 rings (SSSR count). The predicted molar refractivity (Wildman–Crippen MR) is 125 cm³/mol. The van der Waals surface area contributed by atoms with Crippen molar-refractivity contribution < 1.29 is 17.2 Å². The van der Waals surface area contributed by atoms with Crippen LogP contribution in [0, 0.1) is 11.6 Å². The van der Waals surface area contributed by atoms with E-state index in [1.165, 1.54) is 6.07 Å². The van der Waals surface area contributed by atoms with Crippen molar-refractivity contribution in [2.45, 2.75) is 57.5 Å². The van der Waals surface area contributed by atoms with Gasteiger partial charge in [0.05, 0.1) is 5.75 Å². The molecule has 1 fully saturated rings. The second-order valence-electron chi connectivity index (χ2n) is 8.39. The van der Waals surface area contributed by atoms with E-state index in [0.717, 1.165) is 49.4 Å². The van der Waals surface area contributed by atoms with Crippen LogP contribution in [0.25, 0.3) is 11.1 Å². The molecule has 5 nitrogen and oxygen atoms in total. The van der Waals surface area contributed by atoms with Gasteiger partial charge in [0, 0.05) is 18.2 Å². The Balaban J connectivity index is 1.81. The highest BCUT2D eigenvalue weighted by atomic mass is 32.2. The predicted octanol–water partition coefficient (Wildman–Crippen LogP) is 3.52. The zero-order valence-electron chi connectivity index (χ0n) is 18.5. The molecule has 0 bridgehead atoms. The summed E-state index contributed by atoms with van der Waals surface area (Å²) in [5.41, 5.74) is 8.39. The molecule has 0 spiro atoms. The van der Waals surface area contributed by atoms with Crippen LogP contribution in [0.3, 0.4) is 0 Å². The standard InChI is InChI=1S/C24H33F2N3O2S/c1-2-32(30,31)29-23-10-12-28-24(23)14-17-7-6-8-18(13-17)21-15-19(25)16-22(26)20(21)9-4-3-5-11-27/h6-8,13,15-16,23-24,28-29H,2-5,9-12,14,27H2,1H3. The fourth-order valence-corrected chi connectivity index (χ4v) is 5.20. The fraction of sp³-hybridized carbons (Fsp3) is 0.500. The molecular formula is C24H33F2N3O2S. The van der Waals surface area contributed by atoms with E-state index >= 15 is 0 Å². The Morgan fingerprint density at radius 2 is 1.97 bits per heavy atom. The van der Waals surface area contributed by atoms with Gasteiger partial charge in [-0.15, -0.1) is 0 Å². The van der Waals surface area contributed by atoms with Crippen molar-refractivity contribution in [3.8, 4) is 11.1 Å². The van der Waals surface area contributed by atoms with Crippen molar-refractivity contribution in [2.24, 2.45) is 5.73 Å². The summed E-state index contributed by atoms with van der Waals surface area (Å²) in [6, 6.07) is 9.78. The normalized spacial score (nSPS) is 18.9. The average molecular weight is 466 g/mol. The molecule has 2 aromatic rings. The summed E-state index contributed by atoms with van der Waals surface area (Å²) in [4.78, 5) is 0. The lowest BCUT2D eigenvalue weighted by atomic mass is 9.92. The second kappa shape index (κ2) is 11.3. The van der Waals surface area contributed by atoms with Gasteiger partial charge in [0.2, 0.25) is 10.0 Å². The number of benzene rings is 2. The molecular weight excluding hydrogens is 432 g/mol. The Bertz CT molecular complexity index is 1010. The van der Waals surface area contributed by atoms with E-state index in [4.69, 9.17) is 5.73 Å². The number of hydrogen-bond donors (Lipinski definition) is 3. The van der Waals surface area contributed by atoms with Crippen LogP contribution in [0.4, 0.5) is 8.78 Å². The van der Waals surface area contributed by atoms with E-state index in [-0.39, 0.29) is 17.8 Å². The van der Waals surface area contributed by atoms with Crippen molar-refractivity contribution in [3.63, 3.8) is 0 Å². The van der Waals surface area contributed by atoms with Gasteiger partial charge in [-0.25, -0.2) is 21.9 Å². The van der Waals surface area contributed by atoms with Crippen molar-refractivity contribution in [2.75, 3.05) is 18.8 Å². The van der Waals surface area contributed by atoms with Gasteiger partial charge in [0.1, 0.15) is 11.6 Å². The largest absolute Gasteiger partial charge is 0.330 e. The topological polar surface area (TPSA) is 84.2 Å². The minimum atomic E-state index is -3.29. The molecule has 0 aliphatic carbocycles. The van der Waals surface area contributed by atoms with Gasteiger partial charge in [-0.05, 0) is 80.4 Å². The van der Waals surface area contributed by atoms with Crippen LogP contribution in [-0.2, 0) is 22.9 Å². The Labute approximate surface area is 189 Å². The Hall–Kier alpha value is -1.87. The molecule has 0 aromatic heterocycles. The molecule has 32 heavy (non-hydrogen) atoms. The van der Waals surface area contributed by atoms with Gasteiger partial charge < -0.3 is 11.1 Å². The zero-order chi connectivity index (χ0) is 23.1. The summed E-state index contributed by atoms with van der Waals surface area (Å²) >= 11 is 0. The summed E-state index contributed by atoms with van der Waals surface area (Å²) in [6.07, 6.45) is 4.44. The van der Waals surface area contributed by atoms with Gasteiger partial charge in [0.25, 0.3) is 0 Å². The van der Waals surface area contributed by atoms with E-state index < -0.39 is 21.7 Å². The molecule has 0 saturated carbocycles. The lowest BCUT2D eigenvalue weighted by Gasteiger charge is -2.21. The number of nitrogens with two attached hydrogens (primary N) is 1. The highest BCUT2D eigenvalue weighted by Crippen LogP contribution is 2.30. The summed E-state index contributed by atoms with van der Waals surface area (Å²) in [5, 5.41) is 3.37. The van der Waals surface area contributed by atoms with Crippen molar-refractivity contribution in [1.82, 2.24) is 10.0 Å². The third kappa shape index (κ3) is 6.57. The molecule has 176 valence electrons. The molecule has 1 aliphatic rings. The van der Waals surface area contributed by atoms with Crippen LogP contribution in [-0.4, -0.2) is 39.3 Å². The highest BCUT2D eigenvalue weighted by molar-refractivity contribution is 7.89. The number of hydrogen-bond acceptors (Lipinski definition) is 4. The first-order valence-electron chi connectivity index (χ1n) is 11.3. The second-order valence-corrected chi connectivity index (χ2v) is 10.4. The summed E-state index contributed by atoms with van der Waals surface area (Å²) in [6.45, 7) is 2.96. The van der Waals surface area contributed by atoms with Gasteiger partial charge >= 0.3 is 0 Å². The number of nitrogens with one attached hydrogen (secondary N) is 2. The van der Waals surface area contributed by atoms with Gasteiger partial charge in [-0.2, -0.15) is 0 Å². The van der Waals surface area contributed by atoms with E-state index in [1.807, 2.05) is 24.3 Å². The highest BCUT2D eigenvalue weighted by Gasteiger charge is 2.30. The average Bonchev–Trinajstić information content (AvgIpc) is 3.18. The zero-order valence-corrected chi connectivity index (χ0v) is 19.4. The van der Waals surface area contributed by atoms with Crippen LogP contribution >= 0.6 is 0 Å². The summed E-state index contributed by atoms with van der Waals surface area (Å²) in [7, 11) is -3.29. The molecule has 1 heterocycles. The van der Waals surface area contributed by atoms with Gasteiger partial charge in [0.15, 0.2) is 0 Å². The van der Waals surface area contributed by atoms with Gasteiger partial charge in [-0.1, -0.05) is 30.7 Å². The molecule has 1 aliphatic heterocycles. The number of halogens is 2. The molecule has 0 amide bonds. The van der Waals surface area contributed by atoms with Crippen molar-refractivity contribution in [1.29, 1.82) is 0 Å². The molecule has 1 saturated heterocycles. The first-order chi connectivity index (χ1) is 15.3. The molecule has 8 heteroatoms. The van der Waals surface area contributed by atoms with E-state index in [1.54, 1.807) is 6.92 Å². The first-order valence-corrected chi connectivity index (χ1v) is 13.0. The minimum Gasteiger partial charge on any atom is -0.330 e. The van der Waals surface area contributed by atoms with Crippen molar-refractivity contribution >= 4 is 10.0 Å². The van der Waals surface area contributed by atoms with Crippen LogP contribution in [0.5, 0.6) is 0 Å². The van der Waals surface area contributed by atoms with Gasteiger partial charge in [-0.3, -0.25) is 0 Å². The maximum absolute atomic E-state index is 14.6. The SMILES string of the molecule is CCS(=O)(=O)NC1CCNC1Cc1cccc(-c2cc(F)cc(F)c2CCCCCN)c1. The molecule has 4 N–H and O–H groups in total. The quantitative estimate of drug-likeness (QED) is 0.444. The maximum atomic E-state index is 14.6. The fourth-order valence-electron chi connectivity index (χ4n) is 4.29. The van der Waals surface area contributed by atoms with E-state index in [2.05, 4.69) is 10.0 Å².